The van der Waals surface area contributed by atoms with E-state index in [4.69, 9.17) is 14.5 Å². The van der Waals surface area contributed by atoms with Crippen LogP contribution in [0.4, 0.5) is 5.82 Å². The summed E-state index contributed by atoms with van der Waals surface area (Å²) in [7, 11) is 0. The Kier molecular flexibility index (Phi) is 5.13. The minimum absolute atomic E-state index is 0.0508. The molecule has 1 N–H and O–H groups in total. The second-order valence-electron chi connectivity index (χ2n) is 7.44. The van der Waals surface area contributed by atoms with Crippen molar-refractivity contribution in [3.63, 3.8) is 0 Å². The van der Waals surface area contributed by atoms with Crippen LogP contribution in [0.3, 0.4) is 0 Å². The molecule has 0 aliphatic carbocycles. The van der Waals surface area contributed by atoms with Crippen LogP contribution in [0.5, 0.6) is 0 Å². The Morgan fingerprint density at radius 1 is 1.10 bits per heavy atom. The number of ether oxygens (including phenoxy) is 2. The predicted octanol–water partition coefficient (Wildman–Crippen LogP) is 2.52. The highest BCUT2D eigenvalue weighted by Gasteiger charge is 2.23. The van der Waals surface area contributed by atoms with Crippen LogP contribution in [-0.4, -0.2) is 57.8 Å². The molecule has 1 atom stereocenters. The second-order valence-corrected chi connectivity index (χ2v) is 7.44. The number of aliphatic hydroxyl groups excluding tert-OH is 1. The normalized spacial score (nSPS) is 20.3. The molecule has 8 heteroatoms. The molecule has 152 valence electrons. The number of rotatable bonds is 4. The van der Waals surface area contributed by atoms with E-state index in [0.29, 0.717) is 13.2 Å². The molecule has 2 aliphatic rings. The van der Waals surface area contributed by atoms with E-state index in [2.05, 4.69) is 15.0 Å². The summed E-state index contributed by atoms with van der Waals surface area (Å²) in [5, 5.41) is 15.4. The highest BCUT2D eigenvalue weighted by molar-refractivity contribution is 5.93. The summed E-state index contributed by atoms with van der Waals surface area (Å²) in [6, 6.07) is 5.85. The van der Waals surface area contributed by atoms with Gasteiger partial charge in [-0.3, -0.25) is 4.98 Å². The fourth-order valence-corrected chi connectivity index (χ4v) is 4.13. The molecule has 0 amide bonds. The fourth-order valence-electron chi connectivity index (χ4n) is 4.13. The Balaban J connectivity index is 1.64. The first-order valence-corrected chi connectivity index (χ1v) is 10.2. The van der Waals surface area contributed by atoms with E-state index in [1.54, 1.807) is 12.4 Å². The summed E-state index contributed by atoms with van der Waals surface area (Å²) in [5.74, 6) is 0.846. The first-order chi connectivity index (χ1) is 14.3. The van der Waals surface area contributed by atoms with Gasteiger partial charge in [-0.05, 0) is 43.0 Å². The van der Waals surface area contributed by atoms with Gasteiger partial charge in [0.2, 0.25) is 0 Å². The van der Waals surface area contributed by atoms with Gasteiger partial charge in [-0.25, -0.2) is 9.67 Å². The summed E-state index contributed by atoms with van der Waals surface area (Å²) >= 11 is 0. The van der Waals surface area contributed by atoms with Crippen molar-refractivity contribution in [1.82, 2.24) is 19.7 Å². The molecule has 3 aromatic rings. The maximum Gasteiger partial charge on any atom is 0.150 e. The number of fused-ring (bicyclic) bond motifs is 1. The van der Waals surface area contributed by atoms with Crippen molar-refractivity contribution < 1.29 is 14.6 Å². The molecule has 0 aromatic carbocycles. The van der Waals surface area contributed by atoms with Gasteiger partial charge >= 0.3 is 0 Å². The van der Waals surface area contributed by atoms with Gasteiger partial charge in [-0.2, -0.15) is 5.10 Å². The molecule has 5 heterocycles. The second kappa shape index (κ2) is 8.06. The minimum Gasteiger partial charge on any atom is -0.392 e. The van der Waals surface area contributed by atoms with E-state index in [0.717, 1.165) is 72.6 Å². The van der Waals surface area contributed by atoms with Gasteiger partial charge < -0.3 is 19.5 Å². The van der Waals surface area contributed by atoms with Crippen LogP contribution >= 0.6 is 0 Å². The van der Waals surface area contributed by atoms with Crippen LogP contribution in [0.1, 0.15) is 31.1 Å². The van der Waals surface area contributed by atoms with Crippen LogP contribution in [-0.2, 0) is 16.1 Å². The number of morpholine rings is 1. The zero-order valence-electron chi connectivity index (χ0n) is 16.3. The van der Waals surface area contributed by atoms with Crippen molar-refractivity contribution in [3.8, 4) is 11.4 Å². The summed E-state index contributed by atoms with van der Waals surface area (Å²) in [6.07, 6.45) is 6.63. The van der Waals surface area contributed by atoms with Gasteiger partial charge in [0, 0.05) is 37.5 Å². The topological polar surface area (TPSA) is 85.5 Å². The minimum atomic E-state index is -0.0782. The molecule has 0 radical (unpaired) electrons. The van der Waals surface area contributed by atoms with Crippen LogP contribution in [0.2, 0.25) is 0 Å². The van der Waals surface area contributed by atoms with Crippen LogP contribution in [0, 0.1) is 0 Å². The number of hydrogen-bond acceptors (Lipinski definition) is 7. The fraction of sp³-hybridized carbons (Fsp3) is 0.476. The lowest BCUT2D eigenvalue weighted by Crippen LogP contribution is -2.36. The summed E-state index contributed by atoms with van der Waals surface area (Å²) in [6.45, 7) is 3.63. The highest BCUT2D eigenvalue weighted by Crippen LogP contribution is 2.33. The van der Waals surface area contributed by atoms with Gasteiger partial charge in [-0.15, -0.1) is 0 Å². The first kappa shape index (κ1) is 18.5. The first-order valence-electron chi connectivity index (χ1n) is 10.2. The maximum atomic E-state index is 10.0. The molecule has 0 bridgehead atoms. The van der Waals surface area contributed by atoms with Crippen molar-refractivity contribution in [3.05, 3.63) is 36.2 Å². The molecule has 0 saturated carbocycles. The molecular formula is C21H25N5O3. The standard InChI is InChI=1S/C21H25N5O3/c27-14-15-13-18(25-8-11-28-12-9-25)24-20-16(15)4-6-22-21(20)17-5-7-23-26(17)19-3-1-2-10-29-19/h4-7,13,19,27H,1-3,8-12,14H2. The van der Waals surface area contributed by atoms with Crippen molar-refractivity contribution in [2.45, 2.75) is 32.1 Å². The van der Waals surface area contributed by atoms with Crippen molar-refractivity contribution in [2.24, 2.45) is 0 Å². The molecule has 29 heavy (non-hydrogen) atoms. The summed E-state index contributed by atoms with van der Waals surface area (Å²) < 4.78 is 13.3. The molecule has 5 rings (SSSR count). The van der Waals surface area contributed by atoms with Gasteiger partial charge in [0.05, 0.1) is 25.5 Å². The van der Waals surface area contributed by atoms with E-state index in [-0.39, 0.29) is 12.8 Å². The predicted molar refractivity (Wildman–Crippen MR) is 109 cm³/mol. The number of anilines is 1. The van der Waals surface area contributed by atoms with E-state index >= 15 is 0 Å². The van der Waals surface area contributed by atoms with E-state index in [1.165, 1.54) is 0 Å². The molecule has 3 aromatic heterocycles. The number of aliphatic hydroxyl groups is 1. The lowest BCUT2D eigenvalue weighted by molar-refractivity contribution is -0.0383. The SMILES string of the molecule is OCc1cc(N2CCOCC2)nc2c(-c3ccnn3C3CCCCO3)nccc12. The maximum absolute atomic E-state index is 10.0. The molecule has 8 nitrogen and oxygen atoms in total. The Bertz CT molecular complexity index is 993. The average Bonchev–Trinajstić information content (AvgIpc) is 3.29. The molecule has 2 fully saturated rings. The van der Waals surface area contributed by atoms with E-state index < -0.39 is 0 Å². The van der Waals surface area contributed by atoms with Crippen LogP contribution in [0.15, 0.2) is 30.6 Å². The third kappa shape index (κ3) is 3.48. The Labute approximate surface area is 169 Å². The molecular weight excluding hydrogens is 370 g/mol. The Hall–Kier alpha value is -2.55. The largest absolute Gasteiger partial charge is 0.392 e. The lowest BCUT2D eigenvalue weighted by Gasteiger charge is -2.28. The van der Waals surface area contributed by atoms with E-state index in [1.807, 2.05) is 22.9 Å². The smallest absolute Gasteiger partial charge is 0.150 e. The third-order valence-corrected chi connectivity index (χ3v) is 5.65. The zero-order valence-corrected chi connectivity index (χ0v) is 16.3. The highest BCUT2D eigenvalue weighted by atomic mass is 16.5. The van der Waals surface area contributed by atoms with E-state index in [9.17, 15) is 5.11 Å². The zero-order chi connectivity index (χ0) is 19.6. The van der Waals surface area contributed by atoms with Gasteiger partial charge in [0.1, 0.15) is 17.0 Å². The molecule has 2 saturated heterocycles. The van der Waals surface area contributed by atoms with Crippen molar-refractivity contribution in [1.29, 1.82) is 0 Å². The number of pyridine rings is 2. The van der Waals surface area contributed by atoms with Gasteiger partial charge in [0.25, 0.3) is 0 Å². The Morgan fingerprint density at radius 3 is 2.79 bits per heavy atom. The number of nitrogens with zero attached hydrogens (tertiary/aromatic N) is 5. The third-order valence-electron chi connectivity index (χ3n) is 5.65. The van der Waals surface area contributed by atoms with Crippen molar-refractivity contribution in [2.75, 3.05) is 37.8 Å². The Morgan fingerprint density at radius 2 is 2.00 bits per heavy atom. The summed E-state index contributed by atoms with van der Waals surface area (Å²) in [5.41, 5.74) is 3.27. The summed E-state index contributed by atoms with van der Waals surface area (Å²) in [4.78, 5) is 11.8. The quantitative estimate of drug-likeness (QED) is 0.726. The van der Waals surface area contributed by atoms with Gasteiger partial charge in [0.15, 0.2) is 6.23 Å². The van der Waals surface area contributed by atoms with Crippen LogP contribution in [0.25, 0.3) is 22.3 Å². The molecule has 2 aliphatic heterocycles. The number of hydrogen-bond donors (Lipinski definition) is 1. The van der Waals surface area contributed by atoms with Crippen LogP contribution < -0.4 is 4.90 Å². The molecule has 0 spiro atoms. The van der Waals surface area contributed by atoms with Crippen molar-refractivity contribution >= 4 is 16.7 Å². The number of aromatic nitrogens is 4. The molecule has 1 unspecified atom stereocenters. The monoisotopic (exact) mass is 395 g/mol. The lowest BCUT2D eigenvalue weighted by atomic mass is 10.1. The average molecular weight is 395 g/mol. The van der Waals surface area contributed by atoms with Gasteiger partial charge in [-0.1, -0.05) is 0 Å².